The molecule has 8 rings (SSSR count). The third-order valence-electron chi connectivity index (χ3n) is 10.5. The molecule has 4 aliphatic rings. The summed E-state index contributed by atoms with van der Waals surface area (Å²) in [6, 6.07) is 19.9. The van der Waals surface area contributed by atoms with Crippen LogP contribution in [0.3, 0.4) is 0 Å². The SMILES string of the molecule is O=C(Cc1cccs1)NC1C(=O)N2C(C(=O)O)=C(c3ccc(COC(=O)NCC4CCCCN4C(=O)Oc4ccc(Cl)cc4C4=NCc5cc(Cl)ccc5N4)cc3)CSC12. The summed E-state index contributed by atoms with van der Waals surface area (Å²) in [4.78, 5) is 73.0. The number of thiophene rings is 1. The number of amidine groups is 1. The van der Waals surface area contributed by atoms with Crippen LogP contribution in [0, 0.1) is 0 Å². The molecule has 0 bridgehead atoms. The van der Waals surface area contributed by atoms with Gasteiger partial charge in [0.25, 0.3) is 5.91 Å². The highest BCUT2D eigenvalue weighted by Crippen LogP contribution is 2.43. The van der Waals surface area contributed by atoms with Crippen LogP contribution in [0.15, 0.2) is 88.9 Å². The number of piperidine rings is 1. The molecule has 2 saturated heterocycles. The topological polar surface area (TPSA) is 179 Å². The molecule has 60 heavy (non-hydrogen) atoms. The maximum atomic E-state index is 13.6. The van der Waals surface area contributed by atoms with Gasteiger partial charge in [-0.15, -0.1) is 23.1 Å². The Hall–Kier alpha value is -5.55. The molecular formula is C42H38Cl2N6O8S2. The average Bonchev–Trinajstić information content (AvgIpc) is 3.77. The first-order valence-corrected chi connectivity index (χ1v) is 21.8. The first kappa shape index (κ1) is 41.2. The van der Waals surface area contributed by atoms with Crippen LogP contribution in [-0.4, -0.2) is 87.0 Å². The molecule has 4 amide bonds. The van der Waals surface area contributed by atoms with E-state index in [-0.39, 0.29) is 43.0 Å². The van der Waals surface area contributed by atoms with Gasteiger partial charge in [0.1, 0.15) is 35.3 Å². The van der Waals surface area contributed by atoms with Crippen molar-refractivity contribution < 1.29 is 38.6 Å². The lowest BCUT2D eigenvalue weighted by atomic mass is 9.98. The van der Waals surface area contributed by atoms with Gasteiger partial charge in [-0.05, 0) is 83.8 Å². The maximum Gasteiger partial charge on any atom is 0.415 e. The molecule has 3 unspecified atom stereocenters. The van der Waals surface area contributed by atoms with Crippen LogP contribution in [0.4, 0.5) is 15.3 Å². The number of thioether (sulfide) groups is 1. The van der Waals surface area contributed by atoms with Crippen molar-refractivity contribution in [2.45, 2.75) is 56.3 Å². The van der Waals surface area contributed by atoms with Gasteiger partial charge in [-0.3, -0.25) is 19.5 Å². The van der Waals surface area contributed by atoms with Crippen molar-refractivity contribution >= 4 is 93.4 Å². The van der Waals surface area contributed by atoms with E-state index in [0.717, 1.165) is 29.0 Å². The molecule has 3 atom stereocenters. The molecule has 1 aromatic heterocycles. The minimum absolute atomic E-state index is 0.0591. The number of benzene rings is 3. The molecule has 0 spiro atoms. The molecule has 310 valence electrons. The molecule has 4 aromatic rings. The van der Waals surface area contributed by atoms with Crippen molar-refractivity contribution in [1.29, 1.82) is 0 Å². The highest BCUT2D eigenvalue weighted by atomic mass is 35.5. The zero-order valence-electron chi connectivity index (χ0n) is 31.8. The van der Waals surface area contributed by atoms with Gasteiger partial charge in [0.2, 0.25) is 5.91 Å². The lowest BCUT2D eigenvalue weighted by Crippen LogP contribution is -2.70. The molecular weight excluding hydrogens is 852 g/mol. The predicted molar refractivity (Wildman–Crippen MR) is 229 cm³/mol. The zero-order chi connectivity index (χ0) is 41.9. The minimum atomic E-state index is -1.24. The zero-order valence-corrected chi connectivity index (χ0v) is 35.0. The number of likely N-dealkylation sites (tertiary alicyclic amines) is 1. The van der Waals surface area contributed by atoms with E-state index in [1.54, 1.807) is 53.4 Å². The van der Waals surface area contributed by atoms with E-state index in [1.165, 1.54) is 28.0 Å². The number of amides is 4. The summed E-state index contributed by atoms with van der Waals surface area (Å²) in [5.41, 5.74) is 3.93. The number of hydrogen-bond donors (Lipinski definition) is 4. The first-order chi connectivity index (χ1) is 29.0. The Balaban J connectivity index is 0.844. The number of anilines is 1. The van der Waals surface area contributed by atoms with Crippen molar-refractivity contribution in [3.8, 4) is 5.75 Å². The second-order valence-corrected chi connectivity index (χ2v) is 17.5. The van der Waals surface area contributed by atoms with E-state index in [4.69, 9.17) is 32.7 Å². The van der Waals surface area contributed by atoms with Gasteiger partial charge < -0.3 is 35.4 Å². The number of carboxylic acids is 1. The second kappa shape index (κ2) is 18.0. The van der Waals surface area contributed by atoms with Crippen molar-refractivity contribution in [3.05, 3.63) is 121 Å². The number of hydrogen-bond acceptors (Lipinski definition) is 11. The number of β-lactam (4-membered cyclic amide) rings is 1. The van der Waals surface area contributed by atoms with Gasteiger partial charge in [0, 0.05) is 45.0 Å². The number of aliphatic carboxylic acids is 1. The molecule has 14 nitrogen and oxygen atoms in total. The summed E-state index contributed by atoms with van der Waals surface area (Å²) in [5.74, 6) is -0.898. The number of alkyl carbamates (subject to hydrolysis) is 1. The summed E-state index contributed by atoms with van der Waals surface area (Å²) in [6.45, 7) is 0.916. The number of carbonyl (C=O) groups is 5. The van der Waals surface area contributed by atoms with E-state index < -0.39 is 35.5 Å². The highest BCUT2D eigenvalue weighted by molar-refractivity contribution is 8.00. The van der Waals surface area contributed by atoms with Crippen LogP contribution in [-0.2, 0) is 38.7 Å². The van der Waals surface area contributed by atoms with Crippen LogP contribution in [0.5, 0.6) is 5.75 Å². The summed E-state index contributed by atoms with van der Waals surface area (Å²) >= 11 is 15.3. The summed E-state index contributed by atoms with van der Waals surface area (Å²) in [5, 5.41) is 21.4. The molecule has 3 aromatic carbocycles. The summed E-state index contributed by atoms with van der Waals surface area (Å²) in [6.07, 6.45) is 1.21. The molecule has 5 heterocycles. The molecule has 0 aliphatic carbocycles. The number of carbonyl (C=O) groups excluding carboxylic acids is 4. The van der Waals surface area contributed by atoms with E-state index in [9.17, 15) is 29.1 Å². The number of nitrogens with zero attached hydrogens (tertiary/aromatic N) is 3. The predicted octanol–water partition coefficient (Wildman–Crippen LogP) is 7.15. The van der Waals surface area contributed by atoms with Gasteiger partial charge in [-0.2, -0.15) is 0 Å². The fourth-order valence-corrected chi connectivity index (χ4v) is 9.97. The van der Waals surface area contributed by atoms with Crippen LogP contribution in [0.25, 0.3) is 5.57 Å². The van der Waals surface area contributed by atoms with E-state index in [1.807, 2.05) is 29.6 Å². The van der Waals surface area contributed by atoms with Gasteiger partial charge in [-0.1, -0.05) is 53.5 Å². The van der Waals surface area contributed by atoms with Crippen LogP contribution in [0.1, 0.15) is 46.4 Å². The van der Waals surface area contributed by atoms with Crippen LogP contribution in [0.2, 0.25) is 10.0 Å². The Kier molecular flexibility index (Phi) is 12.3. The lowest BCUT2D eigenvalue weighted by molar-refractivity contribution is -0.150. The van der Waals surface area contributed by atoms with Gasteiger partial charge in [0.05, 0.1) is 24.6 Å². The minimum Gasteiger partial charge on any atom is -0.477 e. The van der Waals surface area contributed by atoms with Gasteiger partial charge >= 0.3 is 18.2 Å². The normalized spacial score (nSPS) is 19.5. The van der Waals surface area contributed by atoms with Gasteiger partial charge in [-0.25, -0.2) is 14.4 Å². The van der Waals surface area contributed by atoms with Crippen LogP contribution < -0.4 is 20.7 Å². The Morgan fingerprint density at radius 3 is 2.58 bits per heavy atom. The number of aliphatic imine (C=N–C) groups is 1. The third kappa shape index (κ3) is 8.96. The first-order valence-electron chi connectivity index (χ1n) is 19.1. The largest absolute Gasteiger partial charge is 0.477 e. The van der Waals surface area contributed by atoms with E-state index in [0.29, 0.717) is 63.4 Å². The Morgan fingerprint density at radius 2 is 1.80 bits per heavy atom. The molecule has 0 radical (unpaired) electrons. The Labute approximate surface area is 362 Å². The van der Waals surface area contributed by atoms with Crippen molar-refractivity contribution in [3.63, 3.8) is 0 Å². The number of halogens is 2. The van der Waals surface area contributed by atoms with E-state index in [2.05, 4.69) is 20.9 Å². The molecule has 2 fully saturated rings. The molecule has 4 aliphatic heterocycles. The standard InChI is InChI=1S/C42H38Cl2N6O8S2/c43-26-10-12-32-25(16-26)19-45-37(47-32)30-17-27(44)11-13-33(30)58-42(56)49-14-2-1-4-28(49)20-46-41(55)57-21-23-6-8-24(9-7-23)31-22-60-39-35(38(52)50(39)36(31)40(53)54)48-34(51)18-29-5-3-15-59-29/h3,5-13,15-17,28,35,39H,1-2,4,14,18-22H2,(H,45,47)(H,46,55)(H,48,51)(H,53,54). The highest BCUT2D eigenvalue weighted by Gasteiger charge is 2.54. The lowest BCUT2D eigenvalue weighted by Gasteiger charge is -2.49. The van der Waals surface area contributed by atoms with Crippen molar-refractivity contribution in [2.24, 2.45) is 4.99 Å². The van der Waals surface area contributed by atoms with Crippen LogP contribution >= 0.6 is 46.3 Å². The molecule has 0 saturated carbocycles. The second-order valence-electron chi connectivity index (χ2n) is 14.4. The molecule has 4 N–H and O–H groups in total. The number of nitrogens with one attached hydrogen (secondary N) is 3. The summed E-state index contributed by atoms with van der Waals surface area (Å²) < 4.78 is 11.4. The fourth-order valence-electron chi connectivity index (χ4n) is 7.52. The smallest absolute Gasteiger partial charge is 0.415 e. The van der Waals surface area contributed by atoms with Gasteiger partial charge in [0.15, 0.2) is 0 Å². The van der Waals surface area contributed by atoms with Crippen molar-refractivity contribution in [1.82, 2.24) is 20.4 Å². The fraction of sp³-hybridized carbons (Fsp3) is 0.286. The van der Waals surface area contributed by atoms with E-state index >= 15 is 0 Å². The Morgan fingerprint density at radius 1 is 1.00 bits per heavy atom. The quantitative estimate of drug-likeness (QED) is 0.113. The Bertz CT molecular complexity index is 2410. The number of ether oxygens (including phenoxy) is 2. The monoisotopic (exact) mass is 888 g/mol. The molecule has 18 heteroatoms. The maximum absolute atomic E-state index is 13.6. The summed E-state index contributed by atoms with van der Waals surface area (Å²) in [7, 11) is 0. The number of fused-ring (bicyclic) bond motifs is 2. The number of rotatable bonds is 11. The average molecular weight is 890 g/mol. The van der Waals surface area contributed by atoms with Crippen molar-refractivity contribution in [2.75, 3.05) is 24.2 Å². The third-order valence-corrected chi connectivity index (χ3v) is 13.2. The number of carboxylic acid groups (broad SMARTS) is 1.